The lowest BCUT2D eigenvalue weighted by molar-refractivity contribution is -0.192. The van der Waals surface area contributed by atoms with Gasteiger partial charge in [-0.05, 0) is 36.8 Å². The van der Waals surface area contributed by atoms with Crippen molar-refractivity contribution in [1.29, 1.82) is 0 Å². The lowest BCUT2D eigenvalue weighted by Gasteiger charge is -2.48. The second kappa shape index (κ2) is 11.0. The smallest absolute Gasteiger partial charge is 0.306 e. The summed E-state index contributed by atoms with van der Waals surface area (Å²) in [6, 6.07) is 0. The summed E-state index contributed by atoms with van der Waals surface area (Å²) < 4.78 is 11.5. The average molecular weight is 561 g/mol. The molecular formula is C32H48O8. The van der Waals surface area contributed by atoms with Crippen LogP contribution in [0.15, 0.2) is 23.3 Å². The quantitative estimate of drug-likeness (QED) is 0.195. The Morgan fingerprint density at radius 1 is 1.05 bits per heavy atom. The van der Waals surface area contributed by atoms with Crippen molar-refractivity contribution in [3.05, 3.63) is 23.3 Å². The molecule has 2 bridgehead atoms. The van der Waals surface area contributed by atoms with Crippen molar-refractivity contribution in [3.8, 4) is 0 Å². The van der Waals surface area contributed by atoms with Crippen molar-refractivity contribution in [3.63, 3.8) is 0 Å². The summed E-state index contributed by atoms with van der Waals surface area (Å²) in [5, 5.41) is 34.9. The summed E-state index contributed by atoms with van der Waals surface area (Å²) in [5.41, 5.74) is -4.76. The van der Waals surface area contributed by atoms with E-state index in [-0.39, 0.29) is 29.9 Å². The number of ketones is 1. The Bertz CT molecular complexity index is 1090. The molecule has 2 fully saturated rings. The highest BCUT2D eigenvalue weighted by Gasteiger charge is 2.83. The number of carbonyl (C=O) groups excluding carboxylic acids is 3. The fourth-order valence-electron chi connectivity index (χ4n) is 8.38. The van der Waals surface area contributed by atoms with Crippen LogP contribution in [-0.2, 0) is 23.9 Å². The van der Waals surface area contributed by atoms with E-state index < -0.39 is 52.0 Å². The maximum Gasteiger partial charge on any atom is 0.306 e. The second-order valence-electron chi connectivity index (χ2n) is 13.3. The summed E-state index contributed by atoms with van der Waals surface area (Å²) >= 11 is 0. The molecule has 0 aromatic carbocycles. The van der Waals surface area contributed by atoms with Crippen LogP contribution >= 0.6 is 0 Å². The van der Waals surface area contributed by atoms with E-state index in [0.717, 1.165) is 19.3 Å². The van der Waals surface area contributed by atoms with Crippen LogP contribution in [0.5, 0.6) is 0 Å². The van der Waals surface area contributed by atoms with Gasteiger partial charge in [-0.1, -0.05) is 78.4 Å². The van der Waals surface area contributed by atoms with Crippen molar-refractivity contribution < 1.29 is 39.2 Å². The molecule has 4 rings (SSSR count). The van der Waals surface area contributed by atoms with E-state index in [2.05, 4.69) is 6.92 Å². The first-order valence-corrected chi connectivity index (χ1v) is 15.1. The Kier molecular flexibility index (Phi) is 8.50. The molecule has 3 N–H and O–H groups in total. The Balaban J connectivity index is 1.66. The van der Waals surface area contributed by atoms with E-state index in [0.29, 0.717) is 18.4 Å². The molecule has 4 aliphatic rings. The third-order valence-corrected chi connectivity index (χ3v) is 10.6. The number of aliphatic hydroxyl groups is 3. The Morgan fingerprint density at radius 3 is 2.30 bits per heavy atom. The summed E-state index contributed by atoms with van der Waals surface area (Å²) in [5.74, 6) is -2.92. The van der Waals surface area contributed by atoms with Gasteiger partial charge in [0.1, 0.15) is 30.0 Å². The van der Waals surface area contributed by atoms with Gasteiger partial charge in [0.25, 0.3) is 0 Å². The number of rotatable bonds is 11. The van der Waals surface area contributed by atoms with E-state index in [9.17, 15) is 29.7 Å². The molecule has 40 heavy (non-hydrogen) atoms. The van der Waals surface area contributed by atoms with Gasteiger partial charge in [0.05, 0.1) is 5.41 Å². The molecule has 0 amide bonds. The molecular weight excluding hydrogens is 512 g/mol. The van der Waals surface area contributed by atoms with Gasteiger partial charge >= 0.3 is 11.9 Å². The van der Waals surface area contributed by atoms with Crippen LogP contribution in [0.1, 0.15) is 99.3 Å². The number of allylic oxidation sites excluding steroid dienone is 1. The number of carbonyl (C=O) groups is 3. The third kappa shape index (κ3) is 4.49. The topological polar surface area (TPSA) is 130 Å². The van der Waals surface area contributed by atoms with Crippen LogP contribution in [0.25, 0.3) is 0 Å². The number of aliphatic hydroxyl groups excluding tert-OH is 2. The largest absolute Gasteiger partial charge is 0.461 e. The maximum absolute atomic E-state index is 14.5. The first-order valence-electron chi connectivity index (χ1n) is 15.1. The molecule has 2 saturated carbocycles. The first-order chi connectivity index (χ1) is 18.7. The number of Topliss-reactive ketones (excluding diaryl/α,β-unsaturated/α-hetero) is 1. The molecule has 0 aromatic rings. The van der Waals surface area contributed by atoms with Crippen LogP contribution < -0.4 is 0 Å². The minimum atomic E-state index is -2.25. The summed E-state index contributed by atoms with van der Waals surface area (Å²) in [6.45, 7) is 10.6. The van der Waals surface area contributed by atoms with Crippen molar-refractivity contribution in [1.82, 2.24) is 0 Å². The molecule has 8 atom stereocenters. The van der Waals surface area contributed by atoms with E-state index in [1.54, 1.807) is 19.1 Å². The maximum atomic E-state index is 14.5. The zero-order valence-corrected chi connectivity index (χ0v) is 25.0. The molecule has 224 valence electrons. The highest BCUT2D eigenvalue weighted by atomic mass is 16.6. The van der Waals surface area contributed by atoms with Crippen LogP contribution in [0.4, 0.5) is 0 Å². The molecule has 4 aliphatic carbocycles. The van der Waals surface area contributed by atoms with Gasteiger partial charge in [-0.3, -0.25) is 14.4 Å². The molecule has 0 aromatic heterocycles. The Labute approximate surface area is 238 Å². The SMILES string of the molecule is CCCCCCCCCC(=O)O[C@@]12C[C@@H](C)[C@]34C=C(C)[C@H](O)[C@@]3(O)[C@H](O)C(COC(C)=O)=C[C@H](C4=O)[C@@H]1C2(C)C. The Hall–Kier alpha value is -2.03. The fourth-order valence-corrected chi connectivity index (χ4v) is 8.38. The average Bonchev–Trinajstić information content (AvgIpc) is 3.30. The summed E-state index contributed by atoms with van der Waals surface area (Å²) in [6.07, 6.45) is 8.33. The monoisotopic (exact) mass is 560 g/mol. The summed E-state index contributed by atoms with van der Waals surface area (Å²) in [4.78, 5) is 39.4. The number of esters is 2. The van der Waals surface area contributed by atoms with E-state index in [1.165, 1.54) is 32.6 Å². The molecule has 8 heteroatoms. The lowest BCUT2D eigenvalue weighted by atomic mass is 9.59. The molecule has 0 saturated heterocycles. The van der Waals surface area contributed by atoms with Gasteiger partial charge in [0.2, 0.25) is 0 Å². The number of hydrogen-bond donors (Lipinski definition) is 3. The van der Waals surface area contributed by atoms with Gasteiger partial charge in [0.15, 0.2) is 5.78 Å². The van der Waals surface area contributed by atoms with Crippen molar-refractivity contribution in [2.75, 3.05) is 6.61 Å². The van der Waals surface area contributed by atoms with E-state index >= 15 is 0 Å². The molecule has 1 spiro atoms. The van der Waals surface area contributed by atoms with Crippen molar-refractivity contribution in [2.24, 2.45) is 28.6 Å². The minimum Gasteiger partial charge on any atom is -0.461 e. The minimum absolute atomic E-state index is 0.167. The zero-order valence-electron chi connectivity index (χ0n) is 25.0. The van der Waals surface area contributed by atoms with Crippen LogP contribution in [-0.4, -0.2) is 63.1 Å². The van der Waals surface area contributed by atoms with Crippen molar-refractivity contribution in [2.45, 2.75) is 123 Å². The van der Waals surface area contributed by atoms with Gasteiger partial charge in [0, 0.05) is 30.6 Å². The fraction of sp³-hybridized carbons (Fsp3) is 0.781. The molecule has 0 heterocycles. The number of fused-ring (bicyclic) bond motifs is 3. The predicted octanol–water partition coefficient (Wildman–Crippen LogP) is 4.19. The number of hydrogen-bond acceptors (Lipinski definition) is 8. The number of unbranched alkanes of at least 4 members (excludes halogenated alkanes) is 6. The first kappa shape index (κ1) is 30.9. The second-order valence-corrected chi connectivity index (χ2v) is 13.3. The van der Waals surface area contributed by atoms with E-state index in [1.807, 2.05) is 20.8 Å². The Morgan fingerprint density at radius 2 is 1.68 bits per heavy atom. The normalized spacial score (nSPS) is 39.2. The standard InChI is InChI=1S/C32H48O8/c1-7-8-9-10-11-12-13-14-24(34)40-31-17-20(3)30-16-19(2)26(35)32(30,38)27(36)22(18-39-21(4)33)15-23(28(30)37)25(31)29(31,5)6/h15-16,20,23,25-27,35-36,38H,7-14,17-18H2,1-6H3/t20-,23+,25-,26+,27-,30+,31+,32-/m1/s1. The molecule has 8 nitrogen and oxygen atoms in total. The van der Waals surface area contributed by atoms with Gasteiger partial charge < -0.3 is 24.8 Å². The third-order valence-electron chi connectivity index (χ3n) is 10.6. The van der Waals surface area contributed by atoms with Gasteiger partial charge in [-0.2, -0.15) is 0 Å². The summed E-state index contributed by atoms with van der Waals surface area (Å²) in [7, 11) is 0. The van der Waals surface area contributed by atoms with Crippen LogP contribution in [0.2, 0.25) is 0 Å². The lowest BCUT2D eigenvalue weighted by Crippen LogP contribution is -2.65. The molecule has 0 radical (unpaired) electrons. The zero-order chi connectivity index (χ0) is 29.7. The highest BCUT2D eigenvalue weighted by Crippen LogP contribution is 2.75. The molecule has 0 aliphatic heterocycles. The highest BCUT2D eigenvalue weighted by molar-refractivity contribution is 5.96. The predicted molar refractivity (Wildman–Crippen MR) is 149 cm³/mol. The van der Waals surface area contributed by atoms with E-state index in [4.69, 9.17) is 9.47 Å². The van der Waals surface area contributed by atoms with Crippen LogP contribution in [0, 0.1) is 28.6 Å². The van der Waals surface area contributed by atoms with Gasteiger partial charge in [-0.25, -0.2) is 0 Å². The van der Waals surface area contributed by atoms with Crippen molar-refractivity contribution >= 4 is 17.7 Å². The number of ether oxygens (including phenoxy) is 2. The molecule has 0 unspecified atom stereocenters. The van der Waals surface area contributed by atoms with Crippen LogP contribution in [0.3, 0.4) is 0 Å². The van der Waals surface area contributed by atoms with Gasteiger partial charge in [-0.15, -0.1) is 0 Å².